The Morgan fingerprint density at radius 3 is 2.33 bits per heavy atom. The molecule has 0 saturated heterocycles. The maximum atomic E-state index is 5.45. The molecule has 0 spiro atoms. The van der Waals surface area contributed by atoms with E-state index in [1.54, 1.807) is 0 Å². The molecule has 0 heterocycles. The largest absolute Gasteiger partial charge is 0.375 e. The summed E-state index contributed by atoms with van der Waals surface area (Å²) in [4.78, 5) is 0. The van der Waals surface area contributed by atoms with Gasteiger partial charge in [0.05, 0.1) is 5.60 Å². The van der Waals surface area contributed by atoms with Crippen LogP contribution in [-0.4, -0.2) is 24.2 Å². The highest BCUT2D eigenvalue weighted by molar-refractivity contribution is 7.98. The van der Waals surface area contributed by atoms with Crippen molar-refractivity contribution in [1.82, 2.24) is 0 Å². The van der Waals surface area contributed by atoms with Gasteiger partial charge in [-0.1, -0.05) is 0 Å². The summed E-state index contributed by atoms with van der Waals surface area (Å²) in [5.74, 6) is 1.07. The highest BCUT2D eigenvalue weighted by atomic mass is 32.2. The summed E-state index contributed by atoms with van der Waals surface area (Å²) in [5, 5.41) is 0. The van der Waals surface area contributed by atoms with E-state index in [0.717, 1.165) is 12.4 Å². The summed E-state index contributed by atoms with van der Waals surface area (Å²) in [5.41, 5.74) is 0.0637. The van der Waals surface area contributed by atoms with Crippen molar-refractivity contribution in [3.63, 3.8) is 0 Å². The number of rotatable bonds is 4. The van der Waals surface area contributed by atoms with Crippen LogP contribution >= 0.6 is 11.8 Å². The van der Waals surface area contributed by atoms with Gasteiger partial charge in [0, 0.05) is 12.4 Å². The minimum atomic E-state index is 0.0637. The average molecular weight is 148 g/mol. The normalized spacial score (nSPS) is 12.0. The Labute approximate surface area is 62.2 Å². The number of thioether (sulfide) groups is 1. The van der Waals surface area contributed by atoms with Gasteiger partial charge < -0.3 is 4.74 Å². The molecule has 9 heavy (non-hydrogen) atoms. The van der Waals surface area contributed by atoms with Crippen molar-refractivity contribution in [1.29, 1.82) is 0 Å². The molecule has 0 saturated carbocycles. The van der Waals surface area contributed by atoms with Crippen molar-refractivity contribution >= 4 is 11.8 Å². The summed E-state index contributed by atoms with van der Waals surface area (Å²) in [6.45, 7) is 7.08. The van der Waals surface area contributed by atoms with Crippen molar-refractivity contribution in [2.75, 3.05) is 18.6 Å². The van der Waals surface area contributed by atoms with Crippen molar-refractivity contribution in [3.05, 3.63) is 0 Å². The van der Waals surface area contributed by atoms with Crippen LogP contribution in [0, 0.1) is 0 Å². The van der Waals surface area contributed by atoms with E-state index < -0.39 is 0 Å². The van der Waals surface area contributed by atoms with Gasteiger partial charge in [-0.05, 0) is 27.0 Å². The molecule has 0 radical (unpaired) electrons. The Balaban J connectivity index is 3.43. The number of hydrogen-bond donors (Lipinski definition) is 0. The molecule has 0 aliphatic rings. The molecule has 56 valence electrons. The molecule has 0 aliphatic carbocycles. The van der Waals surface area contributed by atoms with E-state index in [1.165, 1.54) is 0 Å². The summed E-state index contributed by atoms with van der Waals surface area (Å²) < 4.78 is 5.45. The minimum Gasteiger partial charge on any atom is -0.375 e. The lowest BCUT2D eigenvalue weighted by Crippen LogP contribution is -2.27. The molecule has 1 nitrogen and oxygen atoms in total. The third kappa shape index (κ3) is 4.79. The molecule has 0 unspecified atom stereocenters. The van der Waals surface area contributed by atoms with E-state index in [0.29, 0.717) is 0 Å². The second-order valence-corrected chi connectivity index (χ2v) is 3.49. The Morgan fingerprint density at radius 2 is 2.00 bits per heavy atom. The van der Waals surface area contributed by atoms with Gasteiger partial charge in [0.15, 0.2) is 0 Å². The Kier molecular flexibility index (Phi) is 4.32. The highest BCUT2D eigenvalue weighted by Crippen LogP contribution is 2.13. The van der Waals surface area contributed by atoms with E-state index in [9.17, 15) is 0 Å². The van der Waals surface area contributed by atoms with Crippen molar-refractivity contribution in [2.24, 2.45) is 0 Å². The molecule has 0 atom stereocenters. The van der Waals surface area contributed by atoms with Crippen LogP contribution in [-0.2, 0) is 4.74 Å². The third-order valence-corrected chi connectivity index (χ3v) is 2.01. The summed E-state index contributed by atoms with van der Waals surface area (Å²) >= 11 is 1.82. The molecule has 0 aromatic carbocycles. The van der Waals surface area contributed by atoms with Gasteiger partial charge in [0.2, 0.25) is 0 Å². The van der Waals surface area contributed by atoms with E-state index in [-0.39, 0.29) is 5.60 Å². The zero-order valence-electron chi connectivity index (χ0n) is 6.73. The first-order valence-electron chi connectivity index (χ1n) is 3.25. The molecule has 0 aromatic rings. The van der Waals surface area contributed by atoms with Gasteiger partial charge in [-0.3, -0.25) is 0 Å². The Morgan fingerprint density at radius 1 is 1.44 bits per heavy atom. The van der Waals surface area contributed by atoms with Crippen LogP contribution in [0.25, 0.3) is 0 Å². The maximum absolute atomic E-state index is 5.45. The maximum Gasteiger partial charge on any atom is 0.0716 e. The topological polar surface area (TPSA) is 9.23 Å². The van der Waals surface area contributed by atoms with E-state index >= 15 is 0 Å². The van der Waals surface area contributed by atoms with Crippen LogP contribution < -0.4 is 0 Å². The molecule has 2 heteroatoms. The molecule has 0 bridgehead atoms. The monoisotopic (exact) mass is 148 g/mol. The molecule has 0 amide bonds. The van der Waals surface area contributed by atoms with E-state index in [1.807, 2.05) is 18.7 Å². The fourth-order valence-electron chi connectivity index (χ4n) is 0.780. The standard InChI is InChI=1S/C7H16OS/c1-5-8-7(2,3)6-9-4/h5-6H2,1-4H3. The molecule has 0 rings (SSSR count). The molecule has 0 fully saturated rings. The average Bonchev–Trinajstić information content (AvgIpc) is 1.64. The van der Waals surface area contributed by atoms with Crippen LogP contribution in [0.1, 0.15) is 20.8 Å². The molecule has 0 aromatic heterocycles. The highest BCUT2D eigenvalue weighted by Gasteiger charge is 2.15. The third-order valence-electron chi connectivity index (χ3n) is 1.03. The lowest BCUT2D eigenvalue weighted by atomic mass is 10.2. The van der Waals surface area contributed by atoms with E-state index in [4.69, 9.17) is 4.74 Å². The second-order valence-electron chi connectivity index (χ2n) is 2.63. The predicted molar refractivity (Wildman–Crippen MR) is 44.1 cm³/mol. The first-order valence-corrected chi connectivity index (χ1v) is 4.64. The zero-order chi connectivity index (χ0) is 7.33. The van der Waals surface area contributed by atoms with Crippen LogP contribution in [0.2, 0.25) is 0 Å². The molecular formula is C7H16OS. The fourth-order valence-corrected chi connectivity index (χ4v) is 1.56. The van der Waals surface area contributed by atoms with Crippen LogP contribution in [0.4, 0.5) is 0 Å². The van der Waals surface area contributed by atoms with E-state index in [2.05, 4.69) is 20.1 Å². The van der Waals surface area contributed by atoms with Crippen molar-refractivity contribution in [2.45, 2.75) is 26.4 Å². The van der Waals surface area contributed by atoms with Crippen LogP contribution in [0.3, 0.4) is 0 Å². The lowest BCUT2D eigenvalue weighted by molar-refractivity contribution is 0.00926. The van der Waals surface area contributed by atoms with Crippen molar-refractivity contribution < 1.29 is 4.74 Å². The first kappa shape index (κ1) is 9.31. The molecule has 0 N–H and O–H groups in total. The van der Waals surface area contributed by atoms with Gasteiger partial charge in [-0.15, -0.1) is 0 Å². The van der Waals surface area contributed by atoms with Crippen molar-refractivity contribution in [3.8, 4) is 0 Å². The second kappa shape index (κ2) is 4.18. The fraction of sp³-hybridized carbons (Fsp3) is 1.00. The van der Waals surface area contributed by atoms with Crippen LogP contribution in [0.5, 0.6) is 0 Å². The Hall–Kier alpha value is 0.310. The summed E-state index contributed by atoms with van der Waals surface area (Å²) in [6, 6.07) is 0. The Bertz CT molecular complexity index is 63.3. The molecular weight excluding hydrogens is 132 g/mol. The van der Waals surface area contributed by atoms with Crippen LogP contribution in [0.15, 0.2) is 0 Å². The first-order chi connectivity index (χ1) is 4.12. The van der Waals surface area contributed by atoms with Gasteiger partial charge in [-0.25, -0.2) is 0 Å². The minimum absolute atomic E-state index is 0.0637. The smallest absolute Gasteiger partial charge is 0.0716 e. The zero-order valence-corrected chi connectivity index (χ0v) is 7.55. The summed E-state index contributed by atoms with van der Waals surface area (Å²) in [7, 11) is 0. The number of ether oxygens (including phenoxy) is 1. The number of hydrogen-bond acceptors (Lipinski definition) is 2. The molecule has 0 aliphatic heterocycles. The van der Waals surface area contributed by atoms with Gasteiger partial charge in [-0.2, -0.15) is 11.8 Å². The van der Waals surface area contributed by atoms with Gasteiger partial charge in [0.1, 0.15) is 0 Å². The summed E-state index contributed by atoms with van der Waals surface area (Å²) in [6.07, 6.45) is 2.10. The quantitative estimate of drug-likeness (QED) is 0.604. The SMILES string of the molecule is CCOC(C)(C)CSC. The lowest BCUT2D eigenvalue weighted by Gasteiger charge is -2.22. The van der Waals surface area contributed by atoms with Gasteiger partial charge in [0.25, 0.3) is 0 Å². The predicted octanol–water partition coefficient (Wildman–Crippen LogP) is 2.16. The van der Waals surface area contributed by atoms with Gasteiger partial charge >= 0.3 is 0 Å².